The topological polar surface area (TPSA) is 46.3 Å². The van der Waals surface area contributed by atoms with Crippen LogP contribution in [0.1, 0.15) is 42.4 Å². The zero-order valence-corrected chi connectivity index (χ0v) is 12.1. The zero-order chi connectivity index (χ0) is 13.9. The summed E-state index contributed by atoms with van der Waals surface area (Å²) in [5, 5.41) is 0. The smallest absolute Gasteiger partial charge is 0.226 e. The maximum absolute atomic E-state index is 12.3. The fourth-order valence-electron chi connectivity index (χ4n) is 3.33. The summed E-state index contributed by atoms with van der Waals surface area (Å²) in [6, 6.07) is 6.89. The van der Waals surface area contributed by atoms with Gasteiger partial charge < -0.3 is 10.6 Å². The van der Waals surface area contributed by atoms with Gasteiger partial charge in [0.05, 0.1) is 6.42 Å². The Kier molecular flexibility index (Phi) is 4.06. The second kappa shape index (κ2) is 5.96. The predicted molar refractivity (Wildman–Crippen MR) is 80.6 cm³/mol. The lowest BCUT2D eigenvalue weighted by atomic mass is 9.90. The summed E-state index contributed by atoms with van der Waals surface area (Å²) in [5.41, 5.74) is 10.0. The molecule has 1 heterocycles. The minimum Gasteiger partial charge on any atom is -0.342 e. The molecule has 2 aliphatic rings. The molecule has 3 nitrogen and oxygen atoms in total. The van der Waals surface area contributed by atoms with Gasteiger partial charge in [0.2, 0.25) is 5.91 Å². The average Bonchev–Trinajstić information content (AvgIpc) is 2.48. The lowest BCUT2D eigenvalue weighted by Gasteiger charge is -2.30. The Morgan fingerprint density at radius 3 is 2.60 bits per heavy atom. The molecule has 0 spiro atoms. The summed E-state index contributed by atoms with van der Waals surface area (Å²) in [6.45, 7) is 1.65. The monoisotopic (exact) mass is 272 g/mol. The number of nitrogens with two attached hydrogens (primary N) is 1. The first-order valence-corrected chi connectivity index (χ1v) is 7.86. The molecule has 2 N–H and O–H groups in total. The highest BCUT2D eigenvalue weighted by Gasteiger charge is 2.21. The number of carbonyl (C=O) groups is 1. The summed E-state index contributed by atoms with van der Waals surface area (Å²) < 4.78 is 0. The van der Waals surface area contributed by atoms with E-state index in [1.54, 1.807) is 0 Å². The Morgan fingerprint density at radius 2 is 1.85 bits per heavy atom. The van der Waals surface area contributed by atoms with E-state index in [-0.39, 0.29) is 11.9 Å². The van der Waals surface area contributed by atoms with Gasteiger partial charge in [0, 0.05) is 19.1 Å². The number of fused-ring (bicyclic) bond motifs is 1. The molecule has 20 heavy (non-hydrogen) atoms. The van der Waals surface area contributed by atoms with Crippen molar-refractivity contribution in [3.05, 3.63) is 34.9 Å². The molecule has 1 saturated heterocycles. The highest BCUT2D eigenvalue weighted by atomic mass is 16.2. The first-order valence-electron chi connectivity index (χ1n) is 7.86. The van der Waals surface area contributed by atoms with Gasteiger partial charge in [-0.15, -0.1) is 0 Å². The van der Waals surface area contributed by atoms with Gasteiger partial charge in [-0.3, -0.25) is 4.79 Å². The molecule has 1 fully saturated rings. The van der Waals surface area contributed by atoms with Crippen LogP contribution in [0.15, 0.2) is 18.2 Å². The van der Waals surface area contributed by atoms with Crippen LogP contribution in [-0.4, -0.2) is 29.9 Å². The molecule has 1 aliphatic heterocycles. The van der Waals surface area contributed by atoms with Crippen molar-refractivity contribution in [3.63, 3.8) is 0 Å². The molecule has 1 amide bonds. The van der Waals surface area contributed by atoms with Crippen molar-refractivity contribution in [1.29, 1.82) is 0 Å². The van der Waals surface area contributed by atoms with Crippen LogP contribution in [0.2, 0.25) is 0 Å². The van der Waals surface area contributed by atoms with E-state index in [2.05, 4.69) is 18.2 Å². The van der Waals surface area contributed by atoms with Crippen LogP contribution in [0.5, 0.6) is 0 Å². The van der Waals surface area contributed by atoms with Crippen molar-refractivity contribution >= 4 is 5.91 Å². The van der Waals surface area contributed by atoms with E-state index < -0.39 is 0 Å². The zero-order valence-electron chi connectivity index (χ0n) is 12.1. The molecule has 1 aromatic carbocycles. The first-order chi connectivity index (χ1) is 9.72. The van der Waals surface area contributed by atoms with Crippen molar-refractivity contribution < 1.29 is 4.79 Å². The van der Waals surface area contributed by atoms with Crippen molar-refractivity contribution in [1.82, 2.24) is 4.90 Å². The molecule has 0 bridgehead atoms. The Balaban J connectivity index is 1.64. The fourth-order valence-corrected chi connectivity index (χ4v) is 3.33. The number of nitrogens with zero attached hydrogens (tertiary/aromatic N) is 1. The number of hydrogen-bond acceptors (Lipinski definition) is 2. The van der Waals surface area contributed by atoms with Gasteiger partial charge in [-0.25, -0.2) is 0 Å². The number of piperidine rings is 1. The maximum atomic E-state index is 12.3. The molecule has 0 unspecified atom stereocenters. The van der Waals surface area contributed by atoms with Gasteiger partial charge in [-0.2, -0.15) is 0 Å². The molecule has 3 rings (SSSR count). The van der Waals surface area contributed by atoms with Gasteiger partial charge in [0.15, 0.2) is 0 Å². The van der Waals surface area contributed by atoms with Crippen LogP contribution >= 0.6 is 0 Å². The lowest BCUT2D eigenvalue weighted by Crippen LogP contribution is -2.43. The van der Waals surface area contributed by atoms with E-state index in [4.69, 9.17) is 5.73 Å². The number of carbonyl (C=O) groups excluding carboxylic acids is 1. The van der Waals surface area contributed by atoms with E-state index in [0.29, 0.717) is 6.42 Å². The second-order valence-electron chi connectivity index (χ2n) is 6.21. The Hall–Kier alpha value is -1.35. The van der Waals surface area contributed by atoms with Crippen molar-refractivity contribution in [3.8, 4) is 0 Å². The van der Waals surface area contributed by atoms with E-state index >= 15 is 0 Å². The van der Waals surface area contributed by atoms with E-state index in [1.165, 1.54) is 42.4 Å². The molecular formula is C17H24N2O. The fraction of sp³-hybridized carbons (Fsp3) is 0.588. The highest BCUT2D eigenvalue weighted by Crippen LogP contribution is 2.22. The molecule has 0 saturated carbocycles. The van der Waals surface area contributed by atoms with Crippen LogP contribution in [0.4, 0.5) is 0 Å². The van der Waals surface area contributed by atoms with E-state index in [9.17, 15) is 4.79 Å². The standard InChI is InChI=1S/C17H24N2O/c18-16-7-9-19(10-8-16)17(20)12-13-5-6-14-3-1-2-4-15(14)11-13/h5-6,11,16H,1-4,7-10,12,18H2. The number of rotatable bonds is 2. The third-order valence-electron chi connectivity index (χ3n) is 4.66. The third kappa shape index (κ3) is 3.04. The molecular weight excluding hydrogens is 248 g/mol. The predicted octanol–water partition coefficient (Wildman–Crippen LogP) is 2.06. The number of benzene rings is 1. The normalized spacial score (nSPS) is 19.8. The number of likely N-dealkylation sites (tertiary alicyclic amines) is 1. The van der Waals surface area contributed by atoms with Crippen molar-refractivity contribution in [2.45, 2.75) is 51.0 Å². The SMILES string of the molecule is NC1CCN(C(=O)Cc2ccc3c(c2)CCCC3)CC1. The van der Waals surface area contributed by atoms with Crippen LogP contribution in [0.25, 0.3) is 0 Å². The molecule has 3 heteroatoms. The van der Waals surface area contributed by atoms with Gasteiger partial charge in [0.1, 0.15) is 0 Å². The number of hydrogen-bond donors (Lipinski definition) is 1. The number of amides is 1. The third-order valence-corrected chi connectivity index (χ3v) is 4.66. The van der Waals surface area contributed by atoms with E-state index in [0.717, 1.165) is 25.9 Å². The van der Waals surface area contributed by atoms with Crippen LogP contribution < -0.4 is 5.73 Å². The van der Waals surface area contributed by atoms with Gasteiger partial charge in [-0.1, -0.05) is 18.2 Å². The van der Waals surface area contributed by atoms with Gasteiger partial charge in [-0.05, 0) is 55.2 Å². The van der Waals surface area contributed by atoms with Crippen LogP contribution in [0, 0.1) is 0 Å². The highest BCUT2D eigenvalue weighted by molar-refractivity contribution is 5.79. The van der Waals surface area contributed by atoms with Crippen LogP contribution in [0.3, 0.4) is 0 Å². The Bertz CT molecular complexity index is 490. The Morgan fingerprint density at radius 1 is 1.15 bits per heavy atom. The molecule has 0 atom stereocenters. The van der Waals surface area contributed by atoms with Gasteiger partial charge >= 0.3 is 0 Å². The van der Waals surface area contributed by atoms with Crippen LogP contribution in [-0.2, 0) is 24.1 Å². The molecule has 108 valence electrons. The minimum absolute atomic E-state index is 0.257. The quantitative estimate of drug-likeness (QED) is 0.895. The molecule has 1 aliphatic carbocycles. The molecule has 1 aromatic rings. The summed E-state index contributed by atoms with van der Waals surface area (Å²) in [4.78, 5) is 14.3. The first kappa shape index (κ1) is 13.6. The summed E-state index contributed by atoms with van der Waals surface area (Å²) in [5.74, 6) is 0.257. The van der Waals surface area contributed by atoms with Crippen molar-refractivity contribution in [2.75, 3.05) is 13.1 Å². The lowest BCUT2D eigenvalue weighted by molar-refractivity contribution is -0.131. The summed E-state index contributed by atoms with van der Waals surface area (Å²) in [6.07, 6.45) is 7.39. The largest absolute Gasteiger partial charge is 0.342 e. The summed E-state index contributed by atoms with van der Waals surface area (Å²) >= 11 is 0. The Labute approximate surface area is 121 Å². The minimum atomic E-state index is 0.257. The van der Waals surface area contributed by atoms with E-state index in [1.807, 2.05) is 4.90 Å². The average molecular weight is 272 g/mol. The molecule has 0 radical (unpaired) electrons. The maximum Gasteiger partial charge on any atom is 0.226 e. The summed E-state index contributed by atoms with van der Waals surface area (Å²) in [7, 11) is 0. The number of aryl methyl sites for hydroxylation is 2. The van der Waals surface area contributed by atoms with Crippen molar-refractivity contribution in [2.24, 2.45) is 5.73 Å². The second-order valence-corrected chi connectivity index (χ2v) is 6.21. The molecule has 0 aromatic heterocycles. The van der Waals surface area contributed by atoms with Gasteiger partial charge in [0.25, 0.3) is 0 Å².